The van der Waals surface area contributed by atoms with Crippen molar-refractivity contribution in [3.8, 4) is 17.3 Å². The standard InChI is InChI=1S/C21H22FN5O4/c1-14(5-4-10-31-18-9-8-15(22)11-16(18)21(29)30-2)27-12-24-26-20(27)17-6-3-7-19(25-17)23-13-28/h3,6-9,11-14H,4-5,10H2,1-2H3,(H,23,25,28). The van der Waals surface area contributed by atoms with Crippen LogP contribution in [-0.4, -0.2) is 45.8 Å². The van der Waals surface area contributed by atoms with Crippen molar-refractivity contribution >= 4 is 18.2 Å². The van der Waals surface area contributed by atoms with Crippen LogP contribution < -0.4 is 10.1 Å². The number of halogens is 1. The fourth-order valence-corrected chi connectivity index (χ4v) is 3.05. The second-order valence-corrected chi connectivity index (χ2v) is 6.70. The lowest BCUT2D eigenvalue weighted by Gasteiger charge is -2.16. The molecule has 1 unspecified atom stereocenters. The molecule has 10 heteroatoms. The normalized spacial score (nSPS) is 11.6. The van der Waals surface area contributed by atoms with Gasteiger partial charge in [0.15, 0.2) is 5.82 Å². The summed E-state index contributed by atoms with van der Waals surface area (Å²) in [7, 11) is 1.23. The number of hydrogen-bond acceptors (Lipinski definition) is 7. The highest BCUT2D eigenvalue weighted by Crippen LogP contribution is 2.24. The molecule has 1 aromatic carbocycles. The lowest BCUT2D eigenvalue weighted by atomic mass is 10.1. The van der Waals surface area contributed by atoms with E-state index in [4.69, 9.17) is 4.74 Å². The molecule has 2 heterocycles. The van der Waals surface area contributed by atoms with Crippen molar-refractivity contribution in [3.05, 3.63) is 54.1 Å². The zero-order chi connectivity index (χ0) is 22.2. The van der Waals surface area contributed by atoms with E-state index in [9.17, 15) is 14.0 Å². The quantitative estimate of drug-likeness (QED) is 0.301. The molecule has 3 rings (SSSR count). The molecule has 3 aromatic rings. The Kier molecular flexibility index (Phi) is 7.26. The van der Waals surface area contributed by atoms with E-state index in [1.54, 1.807) is 24.5 Å². The summed E-state index contributed by atoms with van der Waals surface area (Å²) in [6, 6.07) is 9.00. The van der Waals surface area contributed by atoms with Crippen molar-refractivity contribution in [1.82, 2.24) is 19.7 Å². The number of carbonyl (C=O) groups is 2. The molecule has 31 heavy (non-hydrogen) atoms. The third-order valence-corrected chi connectivity index (χ3v) is 4.60. The number of pyridine rings is 1. The summed E-state index contributed by atoms with van der Waals surface area (Å²) in [5.41, 5.74) is 0.632. The third kappa shape index (κ3) is 5.41. The van der Waals surface area contributed by atoms with E-state index in [0.29, 0.717) is 36.8 Å². The molecule has 0 spiro atoms. The number of hydrogen-bond donors (Lipinski definition) is 1. The van der Waals surface area contributed by atoms with Gasteiger partial charge in [-0.25, -0.2) is 14.2 Å². The van der Waals surface area contributed by atoms with E-state index in [1.165, 1.54) is 19.2 Å². The van der Waals surface area contributed by atoms with Crippen molar-refractivity contribution in [2.45, 2.75) is 25.8 Å². The Hall–Kier alpha value is -3.82. The van der Waals surface area contributed by atoms with E-state index in [-0.39, 0.29) is 17.4 Å². The lowest BCUT2D eigenvalue weighted by molar-refractivity contribution is -0.105. The first kappa shape index (κ1) is 21.9. The number of nitrogens with one attached hydrogen (secondary N) is 1. The van der Waals surface area contributed by atoms with Crippen LogP contribution in [0.4, 0.5) is 10.2 Å². The predicted octanol–water partition coefficient (Wildman–Crippen LogP) is 3.25. The molecule has 1 N–H and O–H groups in total. The average Bonchev–Trinajstić information content (AvgIpc) is 3.27. The SMILES string of the molecule is COC(=O)c1cc(F)ccc1OCCCC(C)n1cnnc1-c1cccc(NC=O)n1. The maximum atomic E-state index is 13.4. The number of carbonyl (C=O) groups excluding carboxylic acids is 2. The molecular weight excluding hydrogens is 405 g/mol. The van der Waals surface area contributed by atoms with Gasteiger partial charge in [0.1, 0.15) is 35.0 Å². The summed E-state index contributed by atoms with van der Waals surface area (Å²) < 4.78 is 25.7. The molecule has 162 valence electrons. The Morgan fingerprint density at radius 3 is 2.94 bits per heavy atom. The van der Waals surface area contributed by atoms with Gasteiger partial charge in [-0.2, -0.15) is 0 Å². The van der Waals surface area contributed by atoms with Gasteiger partial charge in [-0.15, -0.1) is 10.2 Å². The molecule has 0 radical (unpaired) electrons. The second-order valence-electron chi connectivity index (χ2n) is 6.70. The van der Waals surface area contributed by atoms with Crippen LogP contribution in [0.15, 0.2) is 42.7 Å². The number of methoxy groups -OCH3 is 1. The number of rotatable bonds is 10. The number of anilines is 1. The first-order valence-electron chi connectivity index (χ1n) is 9.61. The fraction of sp³-hybridized carbons (Fsp3) is 0.286. The van der Waals surface area contributed by atoms with Gasteiger partial charge in [0.05, 0.1) is 13.7 Å². The Labute approximate surface area is 178 Å². The summed E-state index contributed by atoms with van der Waals surface area (Å²) in [4.78, 5) is 26.8. The summed E-state index contributed by atoms with van der Waals surface area (Å²) in [5.74, 6) is 0.0752. The first-order valence-corrected chi connectivity index (χ1v) is 9.61. The van der Waals surface area contributed by atoms with Gasteiger partial charge in [0, 0.05) is 6.04 Å². The van der Waals surface area contributed by atoms with Gasteiger partial charge >= 0.3 is 5.97 Å². The van der Waals surface area contributed by atoms with Gasteiger partial charge in [-0.05, 0) is 50.1 Å². The monoisotopic (exact) mass is 427 g/mol. The highest BCUT2D eigenvalue weighted by molar-refractivity contribution is 5.92. The molecule has 0 saturated carbocycles. The summed E-state index contributed by atoms with van der Waals surface area (Å²) >= 11 is 0. The molecular formula is C21H22FN5O4. The van der Waals surface area contributed by atoms with Gasteiger partial charge in [0.25, 0.3) is 0 Å². The molecule has 1 atom stereocenters. The number of aromatic nitrogens is 4. The Bertz CT molecular complexity index is 1060. The first-order chi connectivity index (χ1) is 15.0. The van der Waals surface area contributed by atoms with Gasteiger partial charge in [0.2, 0.25) is 6.41 Å². The predicted molar refractivity (Wildman–Crippen MR) is 110 cm³/mol. The molecule has 0 aliphatic rings. The van der Waals surface area contributed by atoms with E-state index < -0.39 is 11.8 Å². The smallest absolute Gasteiger partial charge is 0.341 e. The molecule has 2 aromatic heterocycles. The van der Waals surface area contributed by atoms with Crippen molar-refractivity contribution in [2.75, 3.05) is 19.0 Å². The molecule has 0 saturated heterocycles. The van der Waals surface area contributed by atoms with Crippen LogP contribution in [-0.2, 0) is 9.53 Å². The van der Waals surface area contributed by atoms with E-state index in [1.807, 2.05) is 11.5 Å². The number of amides is 1. The van der Waals surface area contributed by atoms with E-state index in [0.717, 1.165) is 12.5 Å². The minimum atomic E-state index is -0.657. The minimum absolute atomic E-state index is 0.0337. The molecule has 9 nitrogen and oxygen atoms in total. The highest BCUT2D eigenvalue weighted by Gasteiger charge is 2.16. The molecule has 0 fully saturated rings. The maximum absolute atomic E-state index is 13.4. The van der Waals surface area contributed by atoms with Gasteiger partial charge in [-0.3, -0.25) is 4.79 Å². The number of benzene rings is 1. The largest absolute Gasteiger partial charge is 0.493 e. The molecule has 1 amide bonds. The molecule has 0 aliphatic carbocycles. The van der Waals surface area contributed by atoms with Crippen LogP contribution in [0.5, 0.6) is 5.75 Å². The summed E-state index contributed by atoms with van der Waals surface area (Å²) in [6.45, 7) is 2.34. The van der Waals surface area contributed by atoms with Crippen molar-refractivity contribution < 1.29 is 23.5 Å². The van der Waals surface area contributed by atoms with Crippen molar-refractivity contribution in [1.29, 1.82) is 0 Å². The van der Waals surface area contributed by atoms with Crippen LogP contribution >= 0.6 is 0 Å². The molecule has 0 bridgehead atoms. The Morgan fingerprint density at radius 2 is 2.16 bits per heavy atom. The lowest BCUT2D eigenvalue weighted by Crippen LogP contribution is -2.10. The Morgan fingerprint density at radius 1 is 1.32 bits per heavy atom. The van der Waals surface area contributed by atoms with Crippen LogP contribution in [0.3, 0.4) is 0 Å². The number of esters is 1. The zero-order valence-electron chi connectivity index (χ0n) is 17.1. The van der Waals surface area contributed by atoms with Crippen LogP contribution in [0, 0.1) is 5.82 Å². The number of ether oxygens (including phenoxy) is 2. The summed E-state index contributed by atoms with van der Waals surface area (Å²) in [6.07, 6.45) is 3.58. The van der Waals surface area contributed by atoms with Gasteiger partial charge < -0.3 is 19.4 Å². The number of nitrogens with zero attached hydrogens (tertiary/aromatic N) is 4. The maximum Gasteiger partial charge on any atom is 0.341 e. The topological polar surface area (TPSA) is 108 Å². The Balaban J connectivity index is 1.61. The summed E-state index contributed by atoms with van der Waals surface area (Å²) in [5, 5.41) is 10.6. The van der Waals surface area contributed by atoms with E-state index in [2.05, 4.69) is 25.2 Å². The van der Waals surface area contributed by atoms with Crippen LogP contribution in [0.1, 0.15) is 36.2 Å². The average molecular weight is 427 g/mol. The highest BCUT2D eigenvalue weighted by atomic mass is 19.1. The van der Waals surface area contributed by atoms with Crippen LogP contribution in [0.25, 0.3) is 11.5 Å². The molecule has 0 aliphatic heterocycles. The minimum Gasteiger partial charge on any atom is -0.493 e. The van der Waals surface area contributed by atoms with Crippen molar-refractivity contribution in [3.63, 3.8) is 0 Å². The fourth-order valence-electron chi connectivity index (χ4n) is 3.05. The second kappa shape index (κ2) is 10.3. The third-order valence-electron chi connectivity index (χ3n) is 4.60. The van der Waals surface area contributed by atoms with Gasteiger partial charge in [-0.1, -0.05) is 6.07 Å². The zero-order valence-corrected chi connectivity index (χ0v) is 17.1. The van der Waals surface area contributed by atoms with E-state index >= 15 is 0 Å². The van der Waals surface area contributed by atoms with Crippen LogP contribution in [0.2, 0.25) is 0 Å². The van der Waals surface area contributed by atoms with Crippen molar-refractivity contribution in [2.24, 2.45) is 0 Å².